The topological polar surface area (TPSA) is 3.01 Å². The molecule has 0 spiro atoms. The van der Waals surface area contributed by atoms with Crippen LogP contribution in [0, 0.1) is 28.1 Å². The molecule has 0 N–H and O–H groups in total. The molecule has 0 amide bonds. The Kier molecular flexibility index (Phi) is 1.25. The lowest BCUT2D eigenvalue weighted by Gasteiger charge is -2.58. The Morgan fingerprint density at radius 3 is 2.47 bits per heavy atom. The maximum absolute atomic E-state index is 2.81. The van der Waals surface area contributed by atoms with Crippen molar-refractivity contribution in [3.8, 4) is 0 Å². The van der Waals surface area contributed by atoms with Gasteiger partial charge >= 0.3 is 0 Å². The standard InChI is InChI=1S/C18H25N/c1-4-11-9-16(11,5-2)18-7-6-17(18,10-18)15(3)12-8-13-14(12)19(13)15/h8,11-12,14H,4-7,9-10H2,1-3H3/t11-,12-,14-,15+,16+,17+,18?,19?/m0/s1. The minimum atomic E-state index is 0.578. The Morgan fingerprint density at radius 1 is 1.26 bits per heavy atom. The summed E-state index contributed by atoms with van der Waals surface area (Å²) in [4.78, 5) is 2.81. The second-order valence-corrected chi connectivity index (χ2v) is 8.74. The molecule has 3 saturated carbocycles. The summed E-state index contributed by atoms with van der Waals surface area (Å²) in [7, 11) is 0. The molecule has 1 nitrogen and oxygen atoms in total. The normalized spacial score (nSPS) is 68.9. The molecule has 0 bridgehead atoms. The summed E-state index contributed by atoms with van der Waals surface area (Å²) in [5.41, 5.74) is 4.62. The van der Waals surface area contributed by atoms with Crippen molar-refractivity contribution in [1.29, 1.82) is 0 Å². The van der Waals surface area contributed by atoms with Crippen molar-refractivity contribution in [1.82, 2.24) is 4.90 Å². The van der Waals surface area contributed by atoms with Gasteiger partial charge in [0.05, 0.1) is 11.6 Å². The van der Waals surface area contributed by atoms with Crippen molar-refractivity contribution in [2.24, 2.45) is 28.1 Å². The summed E-state index contributed by atoms with van der Waals surface area (Å²) < 4.78 is 0. The van der Waals surface area contributed by atoms with Gasteiger partial charge in [-0.1, -0.05) is 26.3 Å². The van der Waals surface area contributed by atoms with Crippen molar-refractivity contribution < 1.29 is 0 Å². The second kappa shape index (κ2) is 2.31. The van der Waals surface area contributed by atoms with Gasteiger partial charge in [-0.25, -0.2) is 0 Å². The molecule has 0 radical (unpaired) electrons. The molecular formula is C18H25N. The molecule has 1 unspecified atom stereocenters. The molecule has 0 aromatic rings. The van der Waals surface area contributed by atoms with Crippen LogP contribution in [0.4, 0.5) is 0 Å². The largest absolute Gasteiger partial charge is 0.357 e. The summed E-state index contributed by atoms with van der Waals surface area (Å²) in [6.45, 7) is 7.53. The number of hydrogen-bond donors (Lipinski definition) is 0. The van der Waals surface area contributed by atoms with Crippen LogP contribution in [0.15, 0.2) is 11.8 Å². The van der Waals surface area contributed by atoms with Crippen LogP contribution in [-0.2, 0) is 0 Å². The van der Waals surface area contributed by atoms with Crippen LogP contribution in [0.5, 0.6) is 0 Å². The Labute approximate surface area is 116 Å². The van der Waals surface area contributed by atoms with E-state index >= 15 is 0 Å². The molecule has 19 heavy (non-hydrogen) atoms. The highest BCUT2D eigenvalue weighted by Gasteiger charge is 2.95. The van der Waals surface area contributed by atoms with Crippen LogP contribution >= 0.6 is 0 Å². The fourth-order valence-electron chi connectivity index (χ4n) is 8.03. The molecule has 1 heteroatoms. The minimum Gasteiger partial charge on any atom is -0.357 e. The van der Waals surface area contributed by atoms with Crippen LogP contribution in [0.1, 0.15) is 59.3 Å². The highest BCUT2D eigenvalue weighted by molar-refractivity contribution is 5.60. The van der Waals surface area contributed by atoms with Gasteiger partial charge in [0.25, 0.3) is 0 Å². The molecule has 0 aromatic heterocycles. The third-order valence-electron chi connectivity index (χ3n) is 9.28. The van der Waals surface area contributed by atoms with Crippen molar-refractivity contribution in [2.75, 3.05) is 0 Å². The Morgan fingerprint density at radius 2 is 2.05 bits per heavy atom. The van der Waals surface area contributed by atoms with Gasteiger partial charge in [0.15, 0.2) is 0 Å². The first-order valence-electron chi connectivity index (χ1n) is 8.63. The van der Waals surface area contributed by atoms with E-state index in [1.54, 1.807) is 31.4 Å². The number of rotatable bonds is 4. The first-order chi connectivity index (χ1) is 9.12. The van der Waals surface area contributed by atoms with Gasteiger partial charge in [-0.2, -0.15) is 0 Å². The zero-order valence-corrected chi connectivity index (χ0v) is 12.5. The first kappa shape index (κ1) is 10.3. The first-order valence-corrected chi connectivity index (χ1v) is 8.63. The van der Waals surface area contributed by atoms with E-state index in [1.165, 1.54) is 12.8 Å². The molecule has 4 aliphatic carbocycles. The lowest BCUT2D eigenvalue weighted by Crippen LogP contribution is -2.64. The molecule has 102 valence electrons. The van der Waals surface area contributed by atoms with Gasteiger partial charge in [-0.3, -0.25) is 0 Å². The molecule has 6 aliphatic rings. The number of fused-ring (bicyclic) bond motifs is 2. The van der Waals surface area contributed by atoms with Crippen molar-refractivity contribution in [2.45, 2.75) is 70.9 Å². The summed E-state index contributed by atoms with van der Waals surface area (Å²) in [6, 6.07) is 0.942. The SMILES string of the molecule is CC[C@H]1C[C@@]1(CC)C12CC[C@]1([C@@]1(C)[C@H]3C=C4[C@H]3N41)C2. The van der Waals surface area contributed by atoms with Crippen LogP contribution < -0.4 is 0 Å². The second-order valence-electron chi connectivity index (χ2n) is 8.74. The van der Waals surface area contributed by atoms with E-state index in [0.29, 0.717) is 5.54 Å². The van der Waals surface area contributed by atoms with Gasteiger partial charge < -0.3 is 4.90 Å². The number of hydrogen-bond acceptors (Lipinski definition) is 1. The van der Waals surface area contributed by atoms with Crippen molar-refractivity contribution in [3.05, 3.63) is 11.8 Å². The van der Waals surface area contributed by atoms with E-state index < -0.39 is 0 Å². The summed E-state index contributed by atoms with van der Waals surface area (Å²) in [5, 5.41) is 0. The lowest BCUT2D eigenvalue weighted by atomic mass is 9.52. The Bertz CT molecular complexity index is 556. The molecule has 7 atom stereocenters. The molecule has 2 aliphatic heterocycles. The predicted octanol–water partition coefficient (Wildman–Crippen LogP) is 3.95. The Hall–Kier alpha value is -0.460. The van der Waals surface area contributed by atoms with Crippen LogP contribution in [-0.4, -0.2) is 16.5 Å². The zero-order chi connectivity index (χ0) is 12.8. The molecule has 6 rings (SSSR count). The highest BCUT2D eigenvalue weighted by atomic mass is 15.5. The predicted molar refractivity (Wildman–Crippen MR) is 75.4 cm³/mol. The van der Waals surface area contributed by atoms with Gasteiger partial charge in [0, 0.05) is 17.0 Å². The molecule has 0 aromatic carbocycles. The van der Waals surface area contributed by atoms with E-state index in [0.717, 1.165) is 34.1 Å². The van der Waals surface area contributed by atoms with E-state index in [4.69, 9.17) is 0 Å². The maximum atomic E-state index is 2.81. The molecular weight excluding hydrogens is 230 g/mol. The zero-order valence-electron chi connectivity index (χ0n) is 12.5. The lowest BCUT2D eigenvalue weighted by molar-refractivity contribution is -0.0839. The van der Waals surface area contributed by atoms with E-state index in [1.807, 2.05) is 0 Å². The van der Waals surface area contributed by atoms with Gasteiger partial charge in [0.1, 0.15) is 0 Å². The average Bonchev–Trinajstić information content (AvgIpc) is 3.26. The molecule has 2 heterocycles. The summed E-state index contributed by atoms with van der Waals surface area (Å²) in [6.07, 6.45) is 11.7. The third kappa shape index (κ3) is 0.637. The van der Waals surface area contributed by atoms with E-state index in [9.17, 15) is 0 Å². The fourth-order valence-corrected chi connectivity index (χ4v) is 8.03. The third-order valence-corrected chi connectivity index (χ3v) is 9.28. The fraction of sp³-hybridized carbons (Fsp3) is 0.889. The Balaban J connectivity index is 1.40. The van der Waals surface area contributed by atoms with Crippen LogP contribution in [0.2, 0.25) is 0 Å². The molecule has 5 fully saturated rings. The van der Waals surface area contributed by atoms with Crippen molar-refractivity contribution >= 4 is 0 Å². The van der Waals surface area contributed by atoms with E-state index in [-0.39, 0.29) is 0 Å². The van der Waals surface area contributed by atoms with Gasteiger partial charge in [-0.15, -0.1) is 0 Å². The summed E-state index contributed by atoms with van der Waals surface area (Å²) in [5.74, 6) is 2.03. The average molecular weight is 255 g/mol. The van der Waals surface area contributed by atoms with Crippen LogP contribution in [0.25, 0.3) is 0 Å². The van der Waals surface area contributed by atoms with E-state index in [2.05, 4.69) is 31.7 Å². The van der Waals surface area contributed by atoms with Crippen molar-refractivity contribution in [3.63, 3.8) is 0 Å². The van der Waals surface area contributed by atoms with Gasteiger partial charge in [0.2, 0.25) is 0 Å². The van der Waals surface area contributed by atoms with Gasteiger partial charge in [-0.05, 0) is 55.8 Å². The quantitative estimate of drug-likeness (QED) is 0.687. The minimum absolute atomic E-state index is 0.578. The highest BCUT2D eigenvalue weighted by Crippen LogP contribution is 2.97. The number of nitrogens with zero attached hydrogens (tertiary/aromatic N) is 1. The molecule has 2 saturated heterocycles. The smallest absolute Gasteiger partial charge is 0.0777 e. The summed E-state index contributed by atoms with van der Waals surface area (Å²) >= 11 is 0. The maximum Gasteiger partial charge on any atom is 0.0777 e. The van der Waals surface area contributed by atoms with Crippen LogP contribution in [0.3, 0.4) is 0 Å². The monoisotopic (exact) mass is 255 g/mol.